The molecule has 2 aromatic rings. The molecule has 0 aliphatic heterocycles. The molecule has 1 aromatic carbocycles. The average Bonchev–Trinajstić information content (AvgIpc) is 2.36. The van der Waals surface area contributed by atoms with Crippen molar-refractivity contribution in [2.45, 2.75) is 33.4 Å². The number of nitrogens with one attached hydrogen (secondary N) is 1. The highest BCUT2D eigenvalue weighted by molar-refractivity contribution is 5.57. The summed E-state index contributed by atoms with van der Waals surface area (Å²) in [5.74, 6) is 0.876. The average molecular weight is 257 g/mol. The molecular formula is C15H19N3O. The van der Waals surface area contributed by atoms with Crippen molar-refractivity contribution in [2.24, 2.45) is 0 Å². The lowest BCUT2D eigenvalue weighted by atomic mass is 10.2. The lowest BCUT2D eigenvalue weighted by Gasteiger charge is -2.09. The minimum absolute atomic E-state index is 0.226. The number of nitrogens with zero attached hydrogens (tertiary/aromatic N) is 2. The fourth-order valence-corrected chi connectivity index (χ4v) is 1.81. The van der Waals surface area contributed by atoms with Crippen LogP contribution in [0.4, 0.5) is 0 Å². The van der Waals surface area contributed by atoms with E-state index in [9.17, 15) is 5.11 Å². The van der Waals surface area contributed by atoms with Crippen LogP contribution >= 0.6 is 0 Å². The summed E-state index contributed by atoms with van der Waals surface area (Å²) in [6.45, 7) is 6.87. The number of aromatic nitrogens is 2. The quantitative estimate of drug-likeness (QED) is 0.884. The SMILES string of the molecule is Cc1cc(CNC(C)C)nc(-c2cccc(O)c2)n1. The third kappa shape index (κ3) is 3.76. The number of benzene rings is 1. The second kappa shape index (κ2) is 5.80. The Labute approximate surface area is 113 Å². The van der Waals surface area contributed by atoms with Crippen LogP contribution in [0.1, 0.15) is 25.2 Å². The topological polar surface area (TPSA) is 58.0 Å². The van der Waals surface area contributed by atoms with Crippen LogP contribution in [-0.2, 0) is 6.54 Å². The molecule has 0 atom stereocenters. The summed E-state index contributed by atoms with van der Waals surface area (Å²) >= 11 is 0. The number of phenolic OH excluding ortho intramolecular Hbond substituents is 1. The molecule has 0 aliphatic carbocycles. The summed E-state index contributed by atoms with van der Waals surface area (Å²) in [6, 6.07) is 9.40. The fourth-order valence-electron chi connectivity index (χ4n) is 1.81. The molecule has 0 saturated carbocycles. The molecule has 0 unspecified atom stereocenters. The normalized spacial score (nSPS) is 10.9. The van der Waals surface area contributed by atoms with Crippen LogP contribution in [0.25, 0.3) is 11.4 Å². The van der Waals surface area contributed by atoms with Gasteiger partial charge in [-0.15, -0.1) is 0 Å². The highest BCUT2D eigenvalue weighted by Gasteiger charge is 2.06. The molecule has 0 spiro atoms. The van der Waals surface area contributed by atoms with E-state index in [0.717, 1.165) is 17.0 Å². The van der Waals surface area contributed by atoms with Gasteiger partial charge in [-0.3, -0.25) is 0 Å². The molecule has 0 radical (unpaired) electrons. The van der Waals surface area contributed by atoms with Gasteiger partial charge in [0.05, 0.1) is 5.69 Å². The predicted octanol–water partition coefficient (Wildman–Crippen LogP) is 2.66. The standard InChI is InChI=1S/C15H19N3O/c1-10(2)16-9-13-7-11(3)17-15(18-13)12-5-4-6-14(19)8-12/h4-8,10,16,19H,9H2,1-3H3. The Balaban J connectivity index is 2.31. The van der Waals surface area contributed by atoms with Crippen molar-refractivity contribution in [3.05, 3.63) is 41.7 Å². The van der Waals surface area contributed by atoms with E-state index in [2.05, 4.69) is 29.1 Å². The lowest BCUT2D eigenvalue weighted by molar-refractivity contribution is 0.475. The number of rotatable bonds is 4. The van der Waals surface area contributed by atoms with Crippen molar-refractivity contribution in [2.75, 3.05) is 0 Å². The monoisotopic (exact) mass is 257 g/mol. The molecule has 19 heavy (non-hydrogen) atoms. The summed E-state index contributed by atoms with van der Waals surface area (Å²) in [5, 5.41) is 12.9. The summed E-state index contributed by atoms with van der Waals surface area (Å²) in [4.78, 5) is 8.95. The number of phenols is 1. The van der Waals surface area contributed by atoms with E-state index < -0.39 is 0 Å². The van der Waals surface area contributed by atoms with E-state index in [0.29, 0.717) is 18.4 Å². The van der Waals surface area contributed by atoms with Crippen molar-refractivity contribution < 1.29 is 5.11 Å². The summed E-state index contributed by atoms with van der Waals surface area (Å²) in [6.07, 6.45) is 0. The predicted molar refractivity (Wildman–Crippen MR) is 75.8 cm³/mol. The highest BCUT2D eigenvalue weighted by Crippen LogP contribution is 2.20. The Bertz CT molecular complexity index is 567. The van der Waals surface area contributed by atoms with Gasteiger partial charge in [0.1, 0.15) is 5.75 Å². The van der Waals surface area contributed by atoms with Gasteiger partial charge in [-0.05, 0) is 25.1 Å². The highest BCUT2D eigenvalue weighted by atomic mass is 16.3. The van der Waals surface area contributed by atoms with Crippen LogP contribution < -0.4 is 5.32 Å². The molecule has 0 amide bonds. The molecule has 0 aliphatic rings. The van der Waals surface area contributed by atoms with Crippen LogP contribution in [0.15, 0.2) is 30.3 Å². The van der Waals surface area contributed by atoms with Crippen LogP contribution in [0.5, 0.6) is 5.75 Å². The number of aryl methyl sites for hydroxylation is 1. The first-order valence-corrected chi connectivity index (χ1v) is 6.42. The maximum absolute atomic E-state index is 9.52. The zero-order chi connectivity index (χ0) is 13.8. The Hall–Kier alpha value is -1.94. The molecule has 0 saturated heterocycles. The van der Waals surface area contributed by atoms with Crippen molar-refractivity contribution in [1.29, 1.82) is 0 Å². The molecule has 4 nitrogen and oxygen atoms in total. The third-order valence-electron chi connectivity index (χ3n) is 2.70. The summed E-state index contributed by atoms with van der Waals surface area (Å²) in [5.41, 5.74) is 2.71. The molecular weight excluding hydrogens is 238 g/mol. The van der Waals surface area contributed by atoms with Crippen LogP contribution in [0.2, 0.25) is 0 Å². The summed E-state index contributed by atoms with van der Waals surface area (Å²) in [7, 11) is 0. The molecule has 2 N–H and O–H groups in total. The lowest BCUT2D eigenvalue weighted by Crippen LogP contribution is -2.22. The summed E-state index contributed by atoms with van der Waals surface area (Å²) < 4.78 is 0. The van der Waals surface area contributed by atoms with Crippen molar-refractivity contribution >= 4 is 0 Å². The first kappa shape index (κ1) is 13.5. The Kier molecular flexibility index (Phi) is 4.12. The van der Waals surface area contributed by atoms with Crippen LogP contribution in [-0.4, -0.2) is 21.1 Å². The Morgan fingerprint density at radius 1 is 1.21 bits per heavy atom. The molecule has 4 heteroatoms. The number of aromatic hydroxyl groups is 1. The van der Waals surface area contributed by atoms with Gasteiger partial charge in [0.25, 0.3) is 0 Å². The number of hydrogen-bond acceptors (Lipinski definition) is 4. The van der Waals surface area contributed by atoms with Gasteiger partial charge in [0, 0.05) is 23.8 Å². The maximum Gasteiger partial charge on any atom is 0.159 e. The van der Waals surface area contributed by atoms with Gasteiger partial charge in [0.2, 0.25) is 0 Å². The molecule has 1 heterocycles. The van der Waals surface area contributed by atoms with E-state index in [1.165, 1.54) is 0 Å². The van der Waals surface area contributed by atoms with E-state index in [4.69, 9.17) is 0 Å². The van der Waals surface area contributed by atoms with Crippen molar-refractivity contribution in [1.82, 2.24) is 15.3 Å². The van der Waals surface area contributed by atoms with Gasteiger partial charge in [-0.2, -0.15) is 0 Å². The smallest absolute Gasteiger partial charge is 0.159 e. The largest absolute Gasteiger partial charge is 0.508 e. The Morgan fingerprint density at radius 3 is 2.68 bits per heavy atom. The van der Waals surface area contributed by atoms with Gasteiger partial charge in [0.15, 0.2) is 5.82 Å². The zero-order valence-electron chi connectivity index (χ0n) is 11.5. The van der Waals surface area contributed by atoms with Crippen LogP contribution in [0.3, 0.4) is 0 Å². The third-order valence-corrected chi connectivity index (χ3v) is 2.70. The van der Waals surface area contributed by atoms with E-state index in [-0.39, 0.29) is 5.75 Å². The molecule has 0 bridgehead atoms. The van der Waals surface area contributed by atoms with Crippen molar-refractivity contribution in [3.63, 3.8) is 0 Å². The first-order chi connectivity index (χ1) is 9.04. The molecule has 2 rings (SSSR count). The second-order valence-electron chi connectivity index (χ2n) is 4.91. The van der Waals surface area contributed by atoms with Gasteiger partial charge >= 0.3 is 0 Å². The van der Waals surface area contributed by atoms with E-state index in [1.54, 1.807) is 18.2 Å². The van der Waals surface area contributed by atoms with Crippen LogP contribution in [0, 0.1) is 6.92 Å². The van der Waals surface area contributed by atoms with Gasteiger partial charge in [-0.1, -0.05) is 26.0 Å². The fraction of sp³-hybridized carbons (Fsp3) is 0.333. The van der Waals surface area contributed by atoms with E-state index in [1.807, 2.05) is 19.1 Å². The molecule has 1 aromatic heterocycles. The first-order valence-electron chi connectivity index (χ1n) is 6.42. The maximum atomic E-state index is 9.52. The second-order valence-corrected chi connectivity index (χ2v) is 4.91. The van der Waals surface area contributed by atoms with E-state index >= 15 is 0 Å². The Morgan fingerprint density at radius 2 is 2.00 bits per heavy atom. The minimum atomic E-state index is 0.226. The molecule has 0 fully saturated rings. The molecule has 100 valence electrons. The minimum Gasteiger partial charge on any atom is -0.508 e. The van der Waals surface area contributed by atoms with Gasteiger partial charge < -0.3 is 10.4 Å². The van der Waals surface area contributed by atoms with Crippen molar-refractivity contribution in [3.8, 4) is 17.1 Å². The zero-order valence-corrected chi connectivity index (χ0v) is 11.5. The van der Waals surface area contributed by atoms with Gasteiger partial charge in [-0.25, -0.2) is 9.97 Å². The number of hydrogen-bond donors (Lipinski definition) is 2.